The van der Waals surface area contributed by atoms with Gasteiger partial charge in [-0.1, -0.05) is 0 Å². The fourth-order valence-electron chi connectivity index (χ4n) is 2.65. The van der Waals surface area contributed by atoms with Crippen LogP contribution in [-0.2, 0) is 6.54 Å². The zero-order chi connectivity index (χ0) is 18.8. The second-order valence-corrected chi connectivity index (χ2v) is 6.19. The van der Waals surface area contributed by atoms with E-state index in [-0.39, 0.29) is 18.1 Å². The number of rotatable bonds is 5. The number of oxazole rings is 1. The minimum Gasteiger partial charge on any atom is -0.443 e. The van der Waals surface area contributed by atoms with Crippen molar-refractivity contribution in [1.29, 1.82) is 0 Å². The molecule has 3 aromatic rings. The molecule has 1 amide bonds. The van der Waals surface area contributed by atoms with Crippen LogP contribution in [0.3, 0.4) is 0 Å². The normalized spacial score (nSPS) is 11.1. The molecule has 9 heteroatoms. The molecule has 0 saturated carbocycles. The molecule has 136 valence electrons. The molecule has 0 aliphatic heterocycles. The van der Waals surface area contributed by atoms with Crippen molar-refractivity contribution in [3.05, 3.63) is 41.6 Å². The number of hydrogen-bond acceptors (Lipinski definition) is 7. The molecule has 0 radical (unpaired) electrons. The van der Waals surface area contributed by atoms with Gasteiger partial charge >= 0.3 is 0 Å². The Balaban J connectivity index is 1.77. The molecule has 0 unspecified atom stereocenters. The fraction of sp³-hybridized carbons (Fsp3) is 0.353. The average Bonchev–Trinajstić information content (AvgIpc) is 3.24. The van der Waals surface area contributed by atoms with Crippen molar-refractivity contribution in [1.82, 2.24) is 29.8 Å². The number of nitrogens with zero attached hydrogens (tertiary/aromatic N) is 5. The summed E-state index contributed by atoms with van der Waals surface area (Å²) in [6.07, 6.45) is 4.71. The maximum Gasteiger partial charge on any atom is 0.274 e. The molecule has 0 atom stereocenters. The molecule has 0 saturated heterocycles. The molecule has 3 aromatic heterocycles. The molecule has 0 aliphatic rings. The maximum atomic E-state index is 12.5. The Hall–Kier alpha value is -3.23. The standard InChI is InChI=1S/C17H21N7O2/c1-9(2)24-8-21-12(11(24)4)7-20-16(25)14-15(18)23-13(10(3)22-14)17-19-5-6-26-17/h5-6,8-9H,7H2,1-4H3,(H2,18,23)(H,20,25). The number of anilines is 1. The number of nitrogens with one attached hydrogen (secondary N) is 1. The quantitative estimate of drug-likeness (QED) is 0.717. The van der Waals surface area contributed by atoms with Crippen molar-refractivity contribution in [3.63, 3.8) is 0 Å². The Morgan fingerprint density at radius 1 is 1.31 bits per heavy atom. The molecular weight excluding hydrogens is 334 g/mol. The highest BCUT2D eigenvalue weighted by Crippen LogP contribution is 2.21. The van der Waals surface area contributed by atoms with Gasteiger partial charge in [-0.15, -0.1) is 0 Å². The van der Waals surface area contributed by atoms with E-state index < -0.39 is 5.91 Å². The third-order valence-corrected chi connectivity index (χ3v) is 4.06. The predicted molar refractivity (Wildman–Crippen MR) is 95.2 cm³/mol. The molecule has 0 spiro atoms. The topological polar surface area (TPSA) is 125 Å². The predicted octanol–water partition coefficient (Wildman–Crippen LogP) is 2.04. The lowest BCUT2D eigenvalue weighted by molar-refractivity contribution is 0.0946. The van der Waals surface area contributed by atoms with E-state index in [1.807, 2.05) is 11.5 Å². The molecule has 0 fully saturated rings. The lowest BCUT2D eigenvalue weighted by Crippen LogP contribution is -2.26. The molecule has 0 bridgehead atoms. The Morgan fingerprint density at radius 3 is 2.69 bits per heavy atom. The van der Waals surface area contributed by atoms with Crippen molar-refractivity contribution in [2.45, 2.75) is 40.3 Å². The average molecular weight is 355 g/mol. The minimum absolute atomic E-state index is 0.0192. The lowest BCUT2D eigenvalue weighted by atomic mass is 10.2. The van der Waals surface area contributed by atoms with Crippen LogP contribution in [0.1, 0.15) is 47.5 Å². The van der Waals surface area contributed by atoms with Crippen LogP contribution in [0.4, 0.5) is 5.82 Å². The van der Waals surface area contributed by atoms with Gasteiger partial charge in [0.05, 0.1) is 30.5 Å². The van der Waals surface area contributed by atoms with Gasteiger partial charge in [0, 0.05) is 11.7 Å². The number of amides is 1. The van der Waals surface area contributed by atoms with Gasteiger partial charge < -0.3 is 20.0 Å². The van der Waals surface area contributed by atoms with Crippen molar-refractivity contribution in [3.8, 4) is 11.6 Å². The van der Waals surface area contributed by atoms with E-state index in [2.05, 4.69) is 39.1 Å². The third kappa shape index (κ3) is 3.28. The first-order valence-corrected chi connectivity index (χ1v) is 8.23. The molecule has 0 aliphatic carbocycles. The summed E-state index contributed by atoms with van der Waals surface area (Å²) in [5.41, 5.74) is 8.71. The Bertz CT molecular complexity index is 929. The summed E-state index contributed by atoms with van der Waals surface area (Å²) in [7, 11) is 0. The van der Waals surface area contributed by atoms with Crippen LogP contribution in [0.2, 0.25) is 0 Å². The molecule has 0 aromatic carbocycles. The highest BCUT2D eigenvalue weighted by atomic mass is 16.3. The second kappa shape index (κ2) is 6.95. The number of aromatic nitrogens is 5. The van der Waals surface area contributed by atoms with Crippen molar-refractivity contribution < 1.29 is 9.21 Å². The highest BCUT2D eigenvalue weighted by molar-refractivity contribution is 5.96. The summed E-state index contributed by atoms with van der Waals surface area (Å²) in [6.45, 7) is 8.12. The van der Waals surface area contributed by atoms with E-state index in [4.69, 9.17) is 10.2 Å². The minimum atomic E-state index is -0.407. The number of nitrogen functional groups attached to an aromatic ring is 1. The highest BCUT2D eigenvalue weighted by Gasteiger charge is 2.19. The van der Waals surface area contributed by atoms with Crippen molar-refractivity contribution >= 4 is 11.7 Å². The Labute approximate surface area is 150 Å². The molecule has 3 N–H and O–H groups in total. The van der Waals surface area contributed by atoms with E-state index in [0.717, 1.165) is 11.4 Å². The maximum absolute atomic E-state index is 12.5. The van der Waals surface area contributed by atoms with Crippen LogP contribution in [-0.4, -0.2) is 30.4 Å². The van der Waals surface area contributed by atoms with Crippen LogP contribution in [0, 0.1) is 13.8 Å². The van der Waals surface area contributed by atoms with E-state index in [9.17, 15) is 4.79 Å². The van der Waals surface area contributed by atoms with E-state index in [1.165, 1.54) is 12.5 Å². The van der Waals surface area contributed by atoms with Gasteiger partial charge in [0.1, 0.15) is 12.0 Å². The van der Waals surface area contributed by atoms with Crippen LogP contribution in [0.5, 0.6) is 0 Å². The number of aryl methyl sites for hydroxylation is 1. The summed E-state index contributed by atoms with van der Waals surface area (Å²) in [5.74, 6) is -0.0789. The number of nitrogens with two attached hydrogens (primary N) is 1. The monoisotopic (exact) mass is 355 g/mol. The summed E-state index contributed by atoms with van der Waals surface area (Å²) in [6, 6.07) is 0.305. The van der Waals surface area contributed by atoms with Gasteiger partial charge in [-0.3, -0.25) is 4.79 Å². The summed E-state index contributed by atoms with van der Waals surface area (Å²) in [4.78, 5) is 29.3. The van der Waals surface area contributed by atoms with Crippen molar-refractivity contribution in [2.75, 3.05) is 5.73 Å². The number of carbonyl (C=O) groups is 1. The number of carbonyl (C=O) groups excluding carboxylic acids is 1. The first-order valence-electron chi connectivity index (χ1n) is 8.23. The Morgan fingerprint density at radius 2 is 2.08 bits per heavy atom. The Kier molecular flexibility index (Phi) is 4.70. The number of imidazole rings is 1. The van der Waals surface area contributed by atoms with Gasteiger partial charge in [-0.25, -0.2) is 19.9 Å². The zero-order valence-electron chi connectivity index (χ0n) is 15.1. The van der Waals surface area contributed by atoms with Crippen molar-refractivity contribution in [2.24, 2.45) is 0 Å². The molecule has 3 heterocycles. The van der Waals surface area contributed by atoms with Gasteiger partial charge in [-0.2, -0.15) is 0 Å². The first kappa shape index (κ1) is 17.6. The van der Waals surface area contributed by atoms with Gasteiger partial charge in [0.2, 0.25) is 5.89 Å². The first-order chi connectivity index (χ1) is 12.4. The molecule has 9 nitrogen and oxygen atoms in total. The van der Waals surface area contributed by atoms with Gasteiger partial charge in [-0.05, 0) is 27.7 Å². The molecule has 3 rings (SSSR count). The SMILES string of the molecule is Cc1nc(C(=O)NCc2ncn(C(C)C)c2C)c(N)nc1-c1ncco1. The van der Waals surface area contributed by atoms with E-state index in [0.29, 0.717) is 23.3 Å². The van der Waals surface area contributed by atoms with Crippen LogP contribution < -0.4 is 11.1 Å². The van der Waals surface area contributed by atoms with Crippen LogP contribution in [0.15, 0.2) is 23.2 Å². The van der Waals surface area contributed by atoms with E-state index in [1.54, 1.807) is 13.3 Å². The summed E-state index contributed by atoms with van der Waals surface area (Å²) >= 11 is 0. The van der Waals surface area contributed by atoms with E-state index >= 15 is 0 Å². The molecular formula is C17H21N7O2. The largest absolute Gasteiger partial charge is 0.443 e. The van der Waals surface area contributed by atoms with Crippen LogP contribution in [0.25, 0.3) is 11.6 Å². The lowest BCUT2D eigenvalue weighted by Gasteiger charge is -2.10. The summed E-state index contributed by atoms with van der Waals surface area (Å²) < 4.78 is 7.26. The fourth-order valence-corrected chi connectivity index (χ4v) is 2.65. The van der Waals surface area contributed by atoms with Crippen LogP contribution >= 0.6 is 0 Å². The van der Waals surface area contributed by atoms with Gasteiger partial charge in [0.15, 0.2) is 11.5 Å². The zero-order valence-corrected chi connectivity index (χ0v) is 15.1. The smallest absolute Gasteiger partial charge is 0.274 e. The number of hydrogen-bond donors (Lipinski definition) is 2. The third-order valence-electron chi connectivity index (χ3n) is 4.06. The molecule has 26 heavy (non-hydrogen) atoms. The second-order valence-electron chi connectivity index (χ2n) is 6.19. The summed E-state index contributed by atoms with van der Waals surface area (Å²) in [5, 5.41) is 2.79. The van der Waals surface area contributed by atoms with Gasteiger partial charge in [0.25, 0.3) is 5.91 Å².